The maximum atomic E-state index is 12.6. The minimum Gasteiger partial charge on any atom is -0.492 e. The molecule has 0 aliphatic carbocycles. The van der Waals surface area contributed by atoms with Crippen LogP contribution < -0.4 is 15.0 Å². The first-order valence-electron chi connectivity index (χ1n) is 9.47. The fraction of sp³-hybridized carbons (Fsp3) is 0.409. The van der Waals surface area contributed by atoms with Gasteiger partial charge >= 0.3 is 0 Å². The first-order chi connectivity index (χ1) is 12.6. The molecule has 3 rings (SSSR count). The molecule has 0 saturated heterocycles. The zero-order chi connectivity index (χ0) is 18.5. The molecule has 0 saturated carbocycles. The number of amides is 1. The van der Waals surface area contributed by atoms with Crippen LogP contribution in [0.2, 0.25) is 0 Å². The fourth-order valence-corrected chi connectivity index (χ4v) is 3.28. The van der Waals surface area contributed by atoms with Gasteiger partial charge in [0.25, 0.3) is 0 Å². The average molecular weight is 352 g/mol. The highest BCUT2D eigenvalue weighted by molar-refractivity contribution is 5.98. The molecule has 138 valence electrons. The highest BCUT2D eigenvalue weighted by Crippen LogP contribution is 2.30. The second-order valence-electron chi connectivity index (χ2n) is 7.04. The lowest BCUT2D eigenvalue weighted by Gasteiger charge is -2.22. The van der Waals surface area contributed by atoms with Gasteiger partial charge in [0, 0.05) is 12.5 Å². The molecule has 2 aromatic carbocycles. The minimum atomic E-state index is 0.127. The Morgan fingerprint density at radius 2 is 1.92 bits per heavy atom. The molecular formula is C22H28N2O2. The standard InChI is InChI=1S/C22H28N2O2/c1-4-16(2)18-9-11-19(12-10-18)26-14-13-24-21-8-6-5-7-20(21)23-17(3)15-22(24)25/h5-12,16-17,23H,4,13-15H2,1-3H3/t16-,17-/m1/s1. The van der Waals surface area contributed by atoms with E-state index in [4.69, 9.17) is 4.74 Å². The normalized spacial score (nSPS) is 17.9. The Bertz CT molecular complexity index is 742. The van der Waals surface area contributed by atoms with Crippen molar-refractivity contribution in [3.05, 3.63) is 54.1 Å². The summed E-state index contributed by atoms with van der Waals surface area (Å²) in [5, 5.41) is 3.41. The monoisotopic (exact) mass is 352 g/mol. The summed E-state index contributed by atoms with van der Waals surface area (Å²) < 4.78 is 5.89. The van der Waals surface area contributed by atoms with Gasteiger partial charge in [-0.05, 0) is 49.1 Å². The summed E-state index contributed by atoms with van der Waals surface area (Å²) in [6.07, 6.45) is 1.61. The SMILES string of the molecule is CC[C@@H](C)c1ccc(OCCN2C(=O)C[C@@H](C)Nc3ccccc32)cc1. The Morgan fingerprint density at radius 3 is 2.65 bits per heavy atom. The Balaban J connectivity index is 1.64. The Morgan fingerprint density at radius 1 is 1.19 bits per heavy atom. The molecule has 4 nitrogen and oxygen atoms in total. The van der Waals surface area contributed by atoms with E-state index in [1.807, 2.05) is 48.2 Å². The quantitative estimate of drug-likeness (QED) is 0.811. The number of nitrogens with one attached hydrogen (secondary N) is 1. The van der Waals surface area contributed by atoms with E-state index in [0.29, 0.717) is 25.5 Å². The molecule has 1 heterocycles. The van der Waals surface area contributed by atoms with E-state index in [1.165, 1.54) is 5.56 Å². The van der Waals surface area contributed by atoms with Gasteiger partial charge in [0.05, 0.1) is 17.9 Å². The number of ether oxygens (including phenoxy) is 1. The molecule has 1 amide bonds. The van der Waals surface area contributed by atoms with Gasteiger partial charge in [0.2, 0.25) is 5.91 Å². The van der Waals surface area contributed by atoms with Gasteiger partial charge in [-0.25, -0.2) is 0 Å². The van der Waals surface area contributed by atoms with E-state index in [0.717, 1.165) is 23.5 Å². The number of rotatable bonds is 6. The zero-order valence-electron chi connectivity index (χ0n) is 15.9. The number of anilines is 2. The first kappa shape index (κ1) is 18.3. The van der Waals surface area contributed by atoms with Crippen molar-refractivity contribution in [3.8, 4) is 5.75 Å². The molecule has 0 aromatic heterocycles. The van der Waals surface area contributed by atoms with Crippen molar-refractivity contribution in [1.29, 1.82) is 0 Å². The van der Waals surface area contributed by atoms with E-state index in [9.17, 15) is 4.79 Å². The molecule has 4 heteroatoms. The van der Waals surface area contributed by atoms with Gasteiger partial charge < -0.3 is 15.0 Å². The van der Waals surface area contributed by atoms with Crippen LogP contribution in [-0.4, -0.2) is 25.1 Å². The van der Waals surface area contributed by atoms with Crippen molar-refractivity contribution in [2.24, 2.45) is 0 Å². The third kappa shape index (κ3) is 4.18. The second kappa shape index (κ2) is 8.26. The highest BCUT2D eigenvalue weighted by Gasteiger charge is 2.24. The molecule has 0 bridgehead atoms. The molecule has 2 aromatic rings. The molecule has 26 heavy (non-hydrogen) atoms. The number of benzene rings is 2. The number of carbonyl (C=O) groups is 1. The molecule has 0 fully saturated rings. The number of hydrogen-bond acceptors (Lipinski definition) is 3. The average Bonchev–Trinajstić information content (AvgIpc) is 2.77. The molecule has 1 aliphatic heterocycles. The van der Waals surface area contributed by atoms with Gasteiger partial charge in [0.1, 0.15) is 12.4 Å². The lowest BCUT2D eigenvalue weighted by atomic mass is 9.99. The number of para-hydroxylation sites is 2. The zero-order valence-corrected chi connectivity index (χ0v) is 15.9. The summed E-state index contributed by atoms with van der Waals surface area (Å²) >= 11 is 0. The number of nitrogens with zero attached hydrogens (tertiary/aromatic N) is 1. The van der Waals surface area contributed by atoms with E-state index in [-0.39, 0.29) is 11.9 Å². The second-order valence-corrected chi connectivity index (χ2v) is 7.04. The number of hydrogen-bond donors (Lipinski definition) is 1. The van der Waals surface area contributed by atoms with Crippen LogP contribution in [0.3, 0.4) is 0 Å². The number of carbonyl (C=O) groups excluding carboxylic acids is 1. The summed E-state index contributed by atoms with van der Waals surface area (Å²) in [5.41, 5.74) is 3.26. The van der Waals surface area contributed by atoms with Crippen molar-refractivity contribution in [3.63, 3.8) is 0 Å². The maximum Gasteiger partial charge on any atom is 0.229 e. The van der Waals surface area contributed by atoms with Crippen molar-refractivity contribution in [2.75, 3.05) is 23.4 Å². The van der Waals surface area contributed by atoms with Crippen molar-refractivity contribution < 1.29 is 9.53 Å². The summed E-state index contributed by atoms with van der Waals surface area (Å²) in [5.74, 6) is 1.54. The topological polar surface area (TPSA) is 41.6 Å². The van der Waals surface area contributed by atoms with Gasteiger partial charge in [0.15, 0.2) is 0 Å². The van der Waals surface area contributed by atoms with Crippen molar-refractivity contribution >= 4 is 17.3 Å². The first-order valence-corrected chi connectivity index (χ1v) is 9.47. The van der Waals surface area contributed by atoms with Crippen LogP contribution in [0.5, 0.6) is 5.75 Å². The number of fused-ring (bicyclic) bond motifs is 1. The summed E-state index contributed by atoms with van der Waals surface area (Å²) in [6.45, 7) is 7.47. The van der Waals surface area contributed by atoms with E-state index in [1.54, 1.807) is 0 Å². The van der Waals surface area contributed by atoms with Gasteiger partial charge in [-0.15, -0.1) is 0 Å². The van der Waals surface area contributed by atoms with Gasteiger partial charge in [-0.3, -0.25) is 4.79 Å². The smallest absolute Gasteiger partial charge is 0.229 e. The molecule has 1 aliphatic rings. The van der Waals surface area contributed by atoms with E-state index in [2.05, 4.69) is 31.3 Å². The molecular weight excluding hydrogens is 324 g/mol. The predicted molar refractivity (Wildman–Crippen MR) is 107 cm³/mol. The lowest BCUT2D eigenvalue weighted by Crippen LogP contribution is -2.35. The summed E-state index contributed by atoms with van der Waals surface area (Å²) in [4.78, 5) is 14.4. The van der Waals surface area contributed by atoms with E-state index >= 15 is 0 Å². The van der Waals surface area contributed by atoms with Crippen LogP contribution in [0.1, 0.15) is 45.1 Å². The van der Waals surface area contributed by atoms with Crippen LogP contribution >= 0.6 is 0 Å². The molecule has 1 N–H and O–H groups in total. The minimum absolute atomic E-state index is 0.127. The lowest BCUT2D eigenvalue weighted by molar-refractivity contribution is -0.118. The van der Waals surface area contributed by atoms with Crippen LogP contribution in [0, 0.1) is 0 Å². The molecule has 2 atom stereocenters. The predicted octanol–water partition coefficient (Wildman–Crippen LogP) is 4.82. The fourth-order valence-electron chi connectivity index (χ4n) is 3.28. The van der Waals surface area contributed by atoms with Crippen LogP contribution in [-0.2, 0) is 4.79 Å². The molecule has 0 spiro atoms. The van der Waals surface area contributed by atoms with E-state index < -0.39 is 0 Å². The third-order valence-corrected chi connectivity index (χ3v) is 5.02. The Hall–Kier alpha value is -2.49. The molecule has 0 radical (unpaired) electrons. The molecule has 0 unspecified atom stereocenters. The summed E-state index contributed by atoms with van der Waals surface area (Å²) in [6, 6.07) is 16.4. The Kier molecular flexibility index (Phi) is 5.82. The van der Waals surface area contributed by atoms with Crippen LogP contribution in [0.25, 0.3) is 0 Å². The van der Waals surface area contributed by atoms with Crippen molar-refractivity contribution in [2.45, 2.75) is 45.6 Å². The van der Waals surface area contributed by atoms with Crippen molar-refractivity contribution in [1.82, 2.24) is 0 Å². The maximum absolute atomic E-state index is 12.6. The van der Waals surface area contributed by atoms with Crippen LogP contribution in [0.15, 0.2) is 48.5 Å². The Labute approximate surface area is 156 Å². The van der Waals surface area contributed by atoms with Gasteiger partial charge in [-0.1, -0.05) is 38.1 Å². The summed E-state index contributed by atoms with van der Waals surface area (Å²) in [7, 11) is 0. The van der Waals surface area contributed by atoms with Gasteiger partial charge in [-0.2, -0.15) is 0 Å². The van der Waals surface area contributed by atoms with Crippen LogP contribution in [0.4, 0.5) is 11.4 Å². The largest absolute Gasteiger partial charge is 0.492 e. The third-order valence-electron chi connectivity index (χ3n) is 5.02. The highest BCUT2D eigenvalue weighted by atomic mass is 16.5.